The number of carbonyl (C=O) groups excluding carboxylic acids is 1. The number of carbonyl (C=O) groups is 1. The van der Waals surface area contributed by atoms with Gasteiger partial charge in [0.25, 0.3) is 0 Å². The molecule has 1 aliphatic carbocycles. The number of nitrogens with one attached hydrogen (secondary N) is 1. The third-order valence-electron chi connectivity index (χ3n) is 5.90. The summed E-state index contributed by atoms with van der Waals surface area (Å²) in [6.45, 7) is 5.99. The minimum atomic E-state index is 0.142. The second kappa shape index (κ2) is 9.22. The first-order valence-corrected chi connectivity index (χ1v) is 11.3. The molecule has 2 aliphatic heterocycles. The van der Waals surface area contributed by atoms with Crippen LogP contribution in [0.15, 0.2) is 23.5 Å². The van der Waals surface area contributed by atoms with E-state index in [0.717, 1.165) is 76.1 Å². The summed E-state index contributed by atoms with van der Waals surface area (Å²) in [6.07, 6.45) is 11.3. The van der Waals surface area contributed by atoms with Gasteiger partial charge in [0.2, 0.25) is 11.9 Å². The zero-order chi connectivity index (χ0) is 19.2. The van der Waals surface area contributed by atoms with E-state index in [1.807, 2.05) is 17.8 Å². The lowest BCUT2D eigenvalue weighted by molar-refractivity contribution is -0.120. The number of unbranched alkanes of at least 4 members (excludes halogenated alkanes) is 1. The second-order valence-electron chi connectivity index (χ2n) is 7.99. The van der Waals surface area contributed by atoms with E-state index in [9.17, 15) is 4.79 Å². The number of piperazine rings is 1. The number of hydrogen-bond acceptors (Lipinski definition) is 7. The van der Waals surface area contributed by atoms with Gasteiger partial charge in [0.1, 0.15) is 0 Å². The van der Waals surface area contributed by atoms with Crippen LogP contribution in [0.3, 0.4) is 0 Å². The molecule has 152 valence electrons. The Morgan fingerprint density at radius 1 is 1.11 bits per heavy atom. The van der Waals surface area contributed by atoms with Crippen molar-refractivity contribution < 1.29 is 4.79 Å². The summed E-state index contributed by atoms with van der Waals surface area (Å²) in [7, 11) is 0. The molecule has 4 rings (SSSR count). The predicted octanol–water partition coefficient (Wildman–Crippen LogP) is 2.30. The maximum atomic E-state index is 12.0. The fourth-order valence-corrected chi connectivity index (χ4v) is 5.77. The van der Waals surface area contributed by atoms with Crippen molar-refractivity contribution in [1.29, 1.82) is 0 Å². The maximum absolute atomic E-state index is 12.0. The van der Waals surface area contributed by atoms with Gasteiger partial charge in [-0.2, -0.15) is 0 Å². The topological polar surface area (TPSA) is 73.7 Å². The molecule has 28 heavy (non-hydrogen) atoms. The van der Waals surface area contributed by atoms with Crippen LogP contribution in [0.1, 0.15) is 44.9 Å². The van der Waals surface area contributed by atoms with Gasteiger partial charge in [-0.25, -0.2) is 9.97 Å². The molecule has 7 nitrogen and oxygen atoms in total. The van der Waals surface area contributed by atoms with Crippen LogP contribution in [0, 0.1) is 0 Å². The minimum absolute atomic E-state index is 0.142. The standard InChI is InChI=1S/C20H30N6OS/c27-17-16-20(6-1-2-7-20)28-19(24-17)23-8-3-4-11-25-12-14-26(15-13-25)18-21-9-5-10-22-18/h5,9-10H,1-4,6-8,11-16H2,(H,23,24,27). The molecule has 1 spiro atoms. The highest BCUT2D eigenvalue weighted by Gasteiger charge is 2.41. The fraction of sp³-hybridized carbons (Fsp3) is 0.700. The maximum Gasteiger partial charge on any atom is 0.227 e. The zero-order valence-corrected chi connectivity index (χ0v) is 17.3. The Morgan fingerprint density at radius 2 is 1.86 bits per heavy atom. The van der Waals surface area contributed by atoms with E-state index in [-0.39, 0.29) is 10.7 Å². The summed E-state index contributed by atoms with van der Waals surface area (Å²) in [5, 5.41) is 3.83. The van der Waals surface area contributed by atoms with E-state index < -0.39 is 0 Å². The van der Waals surface area contributed by atoms with Gasteiger partial charge in [0.05, 0.1) is 0 Å². The Balaban J connectivity index is 1.15. The quantitative estimate of drug-likeness (QED) is 0.736. The monoisotopic (exact) mass is 402 g/mol. The Labute approximate surface area is 171 Å². The molecule has 0 radical (unpaired) electrons. The van der Waals surface area contributed by atoms with Crippen LogP contribution in [0.25, 0.3) is 0 Å². The number of amidine groups is 1. The van der Waals surface area contributed by atoms with Gasteiger partial charge in [-0.15, -0.1) is 0 Å². The highest BCUT2D eigenvalue weighted by Crippen LogP contribution is 2.46. The van der Waals surface area contributed by atoms with Crippen molar-refractivity contribution in [2.45, 2.75) is 49.7 Å². The summed E-state index contributed by atoms with van der Waals surface area (Å²) in [6, 6.07) is 1.86. The number of nitrogens with zero attached hydrogens (tertiary/aromatic N) is 5. The van der Waals surface area contributed by atoms with Crippen molar-refractivity contribution in [2.24, 2.45) is 4.99 Å². The molecule has 1 N–H and O–H groups in total. The highest BCUT2D eigenvalue weighted by atomic mass is 32.2. The Morgan fingerprint density at radius 3 is 2.61 bits per heavy atom. The normalized spacial score (nSPS) is 24.1. The van der Waals surface area contributed by atoms with E-state index >= 15 is 0 Å². The average Bonchev–Trinajstić information content (AvgIpc) is 3.15. The van der Waals surface area contributed by atoms with Crippen molar-refractivity contribution in [3.63, 3.8) is 0 Å². The summed E-state index contributed by atoms with van der Waals surface area (Å²) in [4.78, 5) is 30.2. The zero-order valence-electron chi connectivity index (χ0n) is 16.5. The van der Waals surface area contributed by atoms with Crippen LogP contribution in [0.4, 0.5) is 5.95 Å². The van der Waals surface area contributed by atoms with Crippen molar-refractivity contribution in [1.82, 2.24) is 20.2 Å². The molecule has 1 saturated carbocycles. The van der Waals surface area contributed by atoms with Gasteiger partial charge >= 0.3 is 0 Å². The molecule has 2 saturated heterocycles. The molecular formula is C20H30N6OS. The Hall–Kier alpha value is -1.67. The van der Waals surface area contributed by atoms with Crippen LogP contribution in [-0.2, 0) is 4.79 Å². The largest absolute Gasteiger partial charge is 0.338 e. The van der Waals surface area contributed by atoms with Crippen LogP contribution in [0.5, 0.6) is 0 Å². The van der Waals surface area contributed by atoms with Crippen molar-refractivity contribution in [2.75, 3.05) is 44.2 Å². The molecule has 3 heterocycles. The Bertz CT molecular complexity index is 683. The third-order valence-corrected chi connectivity index (χ3v) is 7.31. The molecule has 0 bridgehead atoms. The lowest BCUT2D eigenvalue weighted by Gasteiger charge is -2.34. The summed E-state index contributed by atoms with van der Waals surface area (Å²) in [5.74, 6) is 0.990. The van der Waals surface area contributed by atoms with Gasteiger partial charge < -0.3 is 10.2 Å². The number of anilines is 1. The van der Waals surface area contributed by atoms with Crippen LogP contribution in [0.2, 0.25) is 0 Å². The second-order valence-corrected chi connectivity index (χ2v) is 9.45. The van der Waals surface area contributed by atoms with Crippen molar-refractivity contribution in [3.8, 4) is 0 Å². The van der Waals surface area contributed by atoms with Gasteiger partial charge in [-0.1, -0.05) is 24.6 Å². The molecule has 0 unspecified atom stereocenters. The van der Waals surface area contributed by atoms with E-state index in [4.69, 9.17) is 4.99 Å². The SMILES string of the molecule is O=C1CC2(CCCC2)SC(=NCCCCN2CCN(c3ncccn3)CC2)N1. The van der Waals surface area contributed by atoms with Crippen LogP contribution >= 0.6 is 11.8 Å². The molecule has 1 aromatic rings. The van der Waals surface area contributed by atoms with E-state index in [1.54, 1.807) is 12.4 Å². The highest BCUT2D eigenvalue weighted by molar-refractivity contribution is 8.15. The van der Waals surface area contributed by atoms with Crippen LogP contribution < -0.4 is 10.2 Å². The summed E-state index contributed by atoms with van der Waals surface area (Å²) in [5.41, 5.74) is 0. The van der Waals surface area contributed by atoms with Crippen molar-refractivity contribution >= 4 is 28.8 Å². The summed E-state index contributed by atoms with van der Waals surface area (Å²) >= 11 is 1.82. The molecular weight excluding hydrogens is 372 g/mol. The van der Waals surface area contributed by atoms with Gasteiger partial charge in [-0.05, 0) is 38.3 Å². The first-order chi connectivity index (χ1) is 13.7. The number of rotatable bonds is 6. The fourth-order valence-electron chi connectivity index (χ4n) is 4.35. The number of hydrogen-bond donors (Lipinski definition) is 1. The van der Waals surface area contributed by atoms with E-state index in [0.29, 0.717) is 6.42 Å². The molecule has 0 aromatic carbocycles. The van der Waals surface area contributed by atoms with Crippen LogP contribution in [-0.4, -0.2) is 70.0 Å². The molecule has 0 atom stereocenters. The van der Waals surface area contributed by atoms with Gasteiger partial charge in [-0.3, -0.25) is 14.7 Å². The molecule has 3 aliphatic rings. The molecule has 1 aromatic heterocycles. The first-order valence-electron chi connectivity index (χ1n) is 10.5. The molecule has 8 heteroatoms. The summed E-state index contributed by atoms with van der Waals surface area (Å²) < 4.78 is 0.142. The predicted molar refractivity (Wildman–Crippen MR) is 114 cm³/mol. The number of amides is 1. The molecule has 3 fully saturated rings. The number of aromatic nitrogens is 2. The number of thioether (sulfide) groups is 1. The smallest absolute Gasteiger partial charge is 0.227 e. The lowest BCUT2D eigenvalue weighted by atomic mass is 10.0. The first kappa shape index (κ1) is 19.6. The van der Waals surface area contributed by atoms with Gasteiger partial charge in [0.15, 0.2) is 5.17 Å². The Kier molecular flexibility index (Phi) is 6.47. The van der Waals surface area contributed by atoms with Crippen molar-refractivity contribution in [3.05, 3.63) is 18.5 Å². The lowest BCUT2D eigenvalue weighted by Crippen LogP contribution is -2.47. The minimum Gasteiger partial charge on any atom is -0.338 e. The molecule has 1 amide bonds. The average molecular weight is 403 g/mol. The number of aliphatic imine (C=N–C) groups is 1. The van der Waals surface area contributed by atoms with E-state index in [2.05, 4.69) is 25.1 Å². The van der Waals surface area contributed by atoms with E-state index in [1.165, 1.54) is 12.8 Å². The van der Waals surface area contributed by atoms with Gasteiger partial charge in [0, 0.05) is 56.3 Å². The third kappa shape index (κ3) is 5.03.